The van der Waals surface area contributed by atoms with Gasteiger partial charge in [-0.25, -0.2) is 0 Å². The van der Waals surface area contributed by atoms with Gasteiger partial charge in [0.2, 0.25) is 0 Å². The summed E-state index contributed by atoms with van der Waals surface area (Å²) >= 11 is 5.67. The van der Waals surface area contributed by atoms with Gasteiger partial charge >= 0.3 is 6.18 Å². The zero-order valence-corrected chi connectivity index (χ0v) is 8.86. The SMILES string of the molecule is N#CCCNc1ccc(C(F)(F)F)cc1Cl. The molecule has 0 aromatic heterocycles. The van der Waals surface area contributed by atoms with E-state index in [0.717, 1.165) is 12.1 Å². The van der Waals surface area contributed by atoms with Crippen molar-refractivity contribution in [2.24, 2.45) is 0 Å². The van der Waals surface area contributed by atoms with E-state index in [1.807, 2.05) is 6.07 Å². The Morgan fingerprint density at radius 3 is 2.56 bits per heavy atom. The number of anilines is 1. The highest BCUT2D eigenvalue weighted by atomic mass is 35.5. The quantitative estimate of drug-likeness (QED) is 0.828. The first-order valence-corrected chi connectivity index (χ1v) is 4.80. The van der Waals surface area contributed by atoms with Crippen LogP contribution in [0, 0.1) is 11.3 Å². The van der Waals surface area contributed by atoms with Crippen molar-refractivity contribution in [3.8, 4) is 6.07 Å². The zero-order chi connectivity index (χ0) is 12.2. The van der Waals surface area contributed by atoms with Crippen molar-refractivity contribution < 1.29 is 13.2 Å². The summed E-state index contributed by atoms with van der Waals surface area (Å²) in [7, 11) is 0. The Bertz CT molecular complexity index is 410. The maximum Gasteiger partial charge on any atom is 0.416 e. The van der Waals surface area contributed by atoms with Gasteiger partial charge in [0, 0.05) is 6.54 Å². The fraction of sp³-hybridized carbons (Fsp3) is 0.300. The molecule has 0 aliphatic rings. The second-order valence-electron chi connectivity index (χ2n) is 3.03. The molecule has 0 aliphatic carbocycles. The van der Waals surface area contributed by atoms with Gasteiger partial charge in [-0.1, -0.05) is 11.6 Å². The summed E-state index contributed by atoms with van der Waals surface area (Å²) in [5.74, 6) is 0. The van der Waals surface area contributed by atoms with E-state index in [-0.39, 0.29) is 11.4 Å². The van der Waals surface area contributed by atoms with Crippen LogP contribution < -0.4 is 5.32 Å². The van der Waals surface area contributed by atoms with Gasteiger partial charge in [-0.2, -0.15) is 18.4 Å². The third-order valence-electron chi connectivity index (χ3n) is 1.85. The molecule has 0 fully saturated rings. The molecule has 0 spiro atoms. The zero-order valence-electron chi connectivity index (χ0n) is 8.11. The molecule has 16 heavy (non-hydrogen) atoms. The molecule has 1 aromatic rings. The molecule has 0 bridgehead atoms. The van der Waals surface area contributed by atoms with Crippen LogP contribution in [0.3, 0.4) is 0 Å². The summed E-state index contributed by atoms with van der Waals surface area (Å²) in [6.45, 7) is 0.349. The van der Waals surface area contributed by atoms with Gasteiger partial charge in [0.15, 0.2) is 0 Å². The minimum Gasteiger partial charge on any atom is -0.383 e. The number of nitrogens with zero attached hydrogens (tertiary/aromatic N) is 1. The Labute approximate surface area is 95.6 Å². The van der Waals surface area contributed by atoms with E-state index < -0.39 is 11.7 Å². The number of nitrogens with one attached hydrogen (secondary N) is 1. The molecule has 1 aromatic carbocycles. The molecule has 0 atom stereocenters. The van der Waals surface area contributed by atoms with Gasteiger partial charge in [-0.3, -0.25) is 0 Å². The van der Waals surface area contributed by atoms with Crippen LogP contribution in [0.2, 0.25) is 5.02 Å². The van der Waals surface area contributed by atoms with Crippen molar-refractivity contribution in [3.63, 3.8) is 0 Å². The fourth-order valence-corrected chi connectivity index (χ4v) is 1.34. The Morgan fingerprint density at radius 2 is 2.06 bits per heavy atom. The largest absolute Gasteiger partial charge is 0.416 e. The molecule has 1 rings (SSSR count). The number of halogens is 4. The molecule has 0 heterocycles. The van der Waals surface area contributed by atoms with Gasteiger partial charge in [0.1, 0.15) is 0 Å². The average Bonchev–Trinajstić information content (AvgIpc) is 2.19. The van der Waals surface area contributed by atoms with E-state index in [1.54, 1.807) is 0 Å². The van der Waals surface area contributed by atoms with Gasteiger partial charge in [0.25, 0.3) is 0 Å². The lowest BCUT2D eigenvalue weighted by Gasteiger charge is -2.10. The maximum atomic E-state index is 12.3. The Balaban J connectivity index is 2.80. The van der Waals surface area contributed by atoms with Gasteiger partial charge in [0.05, 0.1) is 28.8 Å². The van der Waals surface area contributed by atoms with Crippen molar-refractivity contribution in [2.45, 2.75) is 12.6 Å². The molecule has 0 aliphatic heterocycles. The van der Waals surface area contributed by atoms with Crippen LogP contribution >= 0.6 is 11.6 Å². The third kappa shape index (κ3) is 3.31. The fourth-order valence-electron chi connectivity index (χ4n) is 1.09. The third-order valence-corrected chi connectivity index (χ3v) is 2.16. The molecular formula is C10H8ClF3N2. The van der Waals surface area contributed by atoms with E-state index in [2.05, 4.69) is 5.32 Å². The van der Waals surface area contributed by atoms with Crippen molar-refractivity contribution in [2.75, 3.05) is 11.9 Å². The van der Waals surface area contributed by atoms with Crippen molar-refractivity contribution in [3.05, 3.63) is 28.8 Å². The lowest BCUT2D eigenvalue weighted by atomic mass is 10.2. The molecule has 2 nitrogen and oxygen atoms in total. The highest BCUT2D eigenvalue weighted by molar-refractivity contribution is 6.33. The number of hydrogen-bond donors (Lipinski definition) is 1. The molecular weight excluding hydrogens is 241 g/mol. The molecule has 0 saturated heterocycles. The van der Waals surface area contributed by atoms with Gasteiger partial charge < -0.3 is 5.32 Å². The number of rotatable bonds is 3. The standard InChI is InChI=1S/C10H8ClF3N2/c11-8-6-7(10(12,13)14)2-3-9(8)16-5-1-4-15/h2-3,6,16H,1,5H2. The highest BCUT2D eigenvalue weighted by Gasteiger charge is 2.30. The second kappa shape index (κ2) is 5.08. The molecule has 1 N–H and O–H groups in total. The van der Waals surface area contributed by atoms with Crippen LogP contribution in [0.4, 0.5) is 18.9 Å². The number of hydrogen-bond acceptors (Lipinski definition) is 2. The van der Waals surface area contributed by atoms with E-state index >= 15 is 0 Å². The molecule has 6 heteroatoms. The Kier molecular flexibility index (Phi) is 4.02. The first-order chi connectivity index (χ1) is 7.45. The topological polar surface area (TPSA) is 35.8 Å². The first-order valence-electron chi connectivity index (χ1n) is 4.42. The summed E-state index contributed by atoms with van der Waals surface area (Å²) in [6, 6.07) is 4.96. The van der Waals surface area contributed by atoms with Crippen molar-refractivity contribution in [1.29, 1.82) is 5.26 Å². The van der Waals surface area contributed by atoms with Gasteiger partial charge in [-0.05, 0) is 18.2 Å². The summed E-state index contributed by atoms with van der Waals surface area (Å²) < 4.78 is 36.9. The summed E-state index contributed by atoms with van der Waals surface area (Å²) in [5, 5.41) is 11.1. The van der Waals surface area contributed by atoms with E-state index in [1.165, 1.54) is 6.07 Å². The molecule has 0 unspecified atom stereocenters. The minimum absolute atomic E-state index is 0.00670. The van der Waals surface area contributed by atoms with Crippen LogP contribution in [0.1, 0.15) is 12.0 Å². The Morgan fingerprint density at radius 1 is 1.38 bits per heavy atom. The number of benzene rings is 1. The number of nitriles is 1. The lowest BCUT2D eigenvalue weighted by molar-refractivity contribution is -0.137. The smallest absolute Gasteiger partial charge is 0.383 e. The summed E-state index contributed by atoms with van der Waals surface area (Å²) in [5.41, 5.74) is -0.395. The minimum atomic E-state index is -4.39. The normalized spacial score (nSPS) is 10.9. The first kappa shape index (κ1) is 12.7. The maximum absolute atomic E-state index is 12.3. The van der Waals surface area contributed by atoms with Crippen molar-refractivity contribution >= 4 is 17.3 Å². The molecule has 86 valence electrons. The lowest BCUT2D eigenvalue weighted by Crippen LogP contribution is -2.06. The van der Waals surface area contributed by atoms with Crippen LogP contribution in [0.15, 0.2) is 18.2 Å². The van der Waals surface area contributed by atoms with Crippen LogP contribution in [-0.2, 0) is 6.18 Å². The predicted molar refractivity (Wildman–Crippen MR) is 55.2 cm³/mol. The van der Waals surface area contributed by atoms with Crippen molar-refractivity contribution in [1.82, 2.24) is 0 Å². The van der Waals surface area contributed by atoms with Crippen LogP contribution in [0.5, 0.6) is 0 Å². The number of alkyl halides is 3. The Hall–Kier alpha value is -1.41. The second-order valence-corrected chi connectivity index (χ2v) is 3.43. The van der Waals surface area contributed by atoms with Crippen LogP contribution in [0.25, 0.3) is 0 Å². The predicted octanol–water partition coefficient (Wildman–Crippen LogP) is 3.68. The van der Waals surface area contributed by atoms with E-state index in [0.29, 0.717) is 12.2 Å². The monoisotopic (exact) mass is 248 g/mol. The van der Waals surface area contributed by atoms with Crippen LogP contribution in [-0.4, -0.2) is 6.54 Å². The molecule has 0 saturated carbocycles. The summed E-state index contributed by atoms with van der Waals surface area (Å²) in [6.07, 6.45) is -4.13. The van der Waals surface area contributed by atoms with Gasteiger partial charge in [-0.15, -0.1) is 0 Å². The van der Waals surface area contributed by atoms with E-state index in [4.69, 9.17) is 16.9 Å². The molecule has 0 amide bonds. The average molecular weight is 249 g/mol. The molecule has 0 radical (unpaired) electrons. The summed E-state index contributed by atoms with van der Waals surface area (Å²) in [4.78, 5) is 0. The highest BCUT2D eigenvalue weighted by Crippen LogP contribution is 2.33. The van der Waals surface area contributed by atoms with E-state index in [9.17, 15) is 13.2 Å².